The van der Waals surface area contributed by atoms with Crippen molar-refractivity contribution in [3.05, 3.63) is 30.1 Å². The molecule has 19 heavy (non-hydrogen) atoms. The largest absolute Gasteiger partial charge is 0.389 e. The van der Waals surface area contributed by atoms with Crippen LogP contribution in [0.4, 0.5) is 0 Å². The number of aryl methyl sites for hydroxylation is 1. The normalized spacial score (nSPS) is 33.4. The Morgan fingerprint density at radius 1 is 1.37 bits per heavy atom. The van der Waals surface area contributed by atoms with Gasteiger partial charge in [-0.05, 0) is 49.7 Å². The summed E-state index contributed by atoms with van der Waals surface area (Å²) in [6.45, 7) is 0. The van der Waals surface area contributed by atoms with Crippen LogP contribution < -0.4 is 0 Å². The molecule has 2 aliphatic carbocycles. The zero-order valence-corrected chi connectivity index (χ0v) is 11.3. The number of hydrogen-bond donors (Lipinski definition) is 1. The summed E-state index contributed by atoms with van der Waals surface area (Å²) in [5.74, 6) is 2.28. The second-order valence-corrected chi connectivity index (χ2v) is 6.44. The van der Waals surface area contributed by atoms with Crippen LogP contribution in [0.3, 0.4) is 0 Å². The molecular weight excluding hydrogens is 236 g/mol. The maximum atomic E-state index is 10.9. The second kappa shape index (κ2) is 3.83. The maximum absolute atomic E-state index is 10.9. The molecule has 2 fully saturated rings. The fraction of sp³-hybridized carbons (Fsp3) is 0.562. The first-order valence-corrected chi connectivity index (χ1v) is 7.28. The number of hydrogen-bond acceptors (Lipinski definition) is 2. The Morgan fingerprint density at radius 3 is 2.89 bits per heavy atom. The van der Waals surface area contributed by atoms with Crippen LogP contribution in [0, 0.1) is 11.8 Å². The molecule has 100 valence electrons. The highest BCUT2D eigenvalue weighted by atomic mass is 16.3. The first-order chi connectivity index (χ1) is 9.16. The molecule has 2 saturated carbocycles. The summed E-state index contributed by atoms with van der Waals surface area (Å²) >= 11 is 0. The van der Waals surface area contributed by atoms with E-state index in [4.69, 9.17) is 4.98 Å². The summed E-state index contributed by atoms with van der Waals surface area (Å²) in [5, 5.41) is 10.9. The Bertz CT molecular complexity index is 633. The molecular formula is C16H20N2O. The van der Waals surface area contributed by atoms with E-state index in [1.165, 1.54) is 19.3 Å². The van der Waals surface area contributed by atoms with Gasteiger partial charge >= 0.3 is 0 Å². The summed E-state index contributed by atoms with van der Waals surface area (Å²) in [7, 11) is 2.06. The van der Waals surface area contributed by atoms with Crippen LogP contribution in [0.2, 0.25) is 0 Å². The smallest absolute Gasteiger partial charge is 0.112 e. The van der Waals surface area contributed by atoms with Gasteiger partial charge in [-0.25, -0.2) is 4.98 Å². The van der Waals surface area contributed by atoms with E-state index in [2.05, 4.69) is 17.7 Å². The molecule has 3 unspecified atom stereocenters. The Kier molecular flexibility index (Phi) is 2.31. The molecule has 0 aliphatic heterocycles. The molecule has 1 N–H and O–H groups in total. The number of aliphatic hydroxyl groups is 1. The summed E-state index contributed by atoms with van der Waals surface area (Å²) in [4.78, 5) is 4.71. The van der Waals surface area contributed by atoms with E-state index in [0.717, 1.165) is 29.2 Å². The van der Waals surface area contributed by atoms with Crippen LogP contribution in [0.15, 0.2) is 24.3 Å². The molecule has 2 aliphatic rings. The minimum Gasteiger partial charge on any atom is -0.389 e. The summed E-state index contributed by atoms with van der Waals surface area (Å²) in [6, 6.07) is 8.20. The SMILES string of the molecule is Cn1c(CC2(O)CC3CCC2C3)nc2ccccc21. The topological polar surface area (TPSA) is 38.0 Å². The molecule has 0 spiro atoms. The third-order valence-electron chi connectivity index (χ3n) is 5.29. The minimum absolute atomic E-state index is 0.498. The van der Waals surface area contributed by atoms with Crippen LogP contribution in [0.1, 0.15) is 31.5 Å². The Morgan fingerprint density at radius 2 is 2.21 bits per heavy atom. The van der Waals surface area contributed by atoms with E-state index in [9.17, 15) is 5.11 Å². The van der Waals surface area contributed by atoms with Gasteiger partial charge in [0.15, 0.2) is 0 Å². The summed E-state index contributed by atoms with van der Waals surface area (Å²) in [5.41, 5.74) is 1.69. The number of benzene rings is 1. The van der Waals surface area contributed by atoms with E-state index in [1.807, 2.05) is 18.2 Å². The lowest BCUT2D eigenvalue weighted by molar-refractivity contribution is -0.0145. The van der Waals surface area contributed by atoms with Gasteiger partial charge < -0.3 is 9.67 Å². The van der Waals surface area contributed by atoms with Gasteiger partial charge in [-0.1, -0.05) is 12.1 Å². The number of rotatable bonds is 2. The lowest BCUT2D eigenvalue weighted by Crippen LogP contribution is -2.38. The molecule has 3 nitrogen and oxygen atoms in total. The Hall–Kier alpha value is -1.35. The summed E-state index contributed by atoms with van der Waals surface area (Å²) < 4.78 is 2.14. The standard InChI is InChI=1S/C16H20N2O/c1-18-14-5-3-2-4-13(14)17-15(18)10-16(19)9-11-6-7-12(16)8-11/h2-5,11-12,19H,6-10H2,1H3. The predicted molar refractivity (Wildman–Crippen MR) is 74.8 cm³/mol. The highest BCUT2D eigenvalue weighted by Crippen LogP contribution is 2.51. The molecule has 3 atom stereocenters. The third kappa shape index (κ3) is 1.64. The number of fused-ring (bicyclic) bond motifs is 3. The molecule has 1 aromatic heterocycles. The van der Waals surface area contributed by atoms with Crippen LogP contribution in [0.25, 0.3) is 11.0 Å². The van der Waals surface area contributed by atoms with Crippen molar-refractivity contribution in [2.24, 2.45) is 18.9 Å². The van der Waals surface area contributed by atoms with Gasteiger partial charge in [-0.2, -0.15) is 0 Å². The average molecular weight is 256 g/mol. The Labute approximate surface area is 113 Å². The van der Waals surface area contributed by atoms with Crippen LogP contribution >= 0.6 is 0 Å². The highest BCUT2D eigenvalue weighted by Gasteiger charge is 2.50. The molecule has 1 aromatic carbocycles. The predicted octanol–water partition coefficient (Wildman–Crippen LogP) is 2.67. The molecule has 2 aromatic rings. The van der Waals surface area contributed by atoms with Gasteiger partial charge in [-0.15, -0.1) is 0 Å². The molecule has 0 radical (unpaired) electrons. The first kappa shape index (κ1) is 11.5. The number of nitrogens with zero attached hydrogens (tertiary/aromatic N) is 2. The first-order valence-electron chi connectivity index (χ1n) is 7.28. The molecule has 4 rings (SSSR count). The van der Waals surface area contributed by atoms with E-state index in [0.29, 0.717) is 12.3 Å². The Balaban J connectivity index is 1.70. The monoisotopic (exact) mass is 256 g/mol. The quantitative estimate of drug-likeness (QED) is 0.897. The number of para-hydroxylation sites is 2. The van der Waals surface area contributed by atoms with Crippen molar-refractivity contribution in [3.63, 3.8) is 0 Å². The van der Waals surface area contributed by atoms with Crippen molar-refractivity contribution >= 4 is 11.0 Å². The van der Waals surface area contributed by atoms with Gasteiger partial charge in [0.2, 0.25) is 0 Å². The van der Waals surface area contributed by atoms with Crippen LogP contribution in [-0.4, -0.2) is 20.3 Å². The van der Waals surface area contributed by atoms with Crippen molar-refractivity contribution in [1.82, 2.24) is 9.55 Å². The van der Waals surface area contributed by atoms with Crippen molar-refractivity contribution < 1.29 is 5.11 Å². The lowest BCUT2D eigenvalue weighted by atomic mass is 9.81. The fourth-order valence-electron chi connectivity index (χ4n) is 4.26. The third-order valence-corrected chi connectivity index (χ3v) is 5.29. The lowest BCUT2D eigenvalue weighted by Gasteiger charge is -2.32. The molecule has 0 saturated heterocycles. The van der Waals surface area contributed by atoms with E-state index >= 15 is 0 Å². The highest BCUT2D eigenvalue weighted by molar-refractivity contribution is 5.75. The second-order valence-electron chi connectivity index (χ2n) is 6.44. The molecule has 0 amide bonds. The van der Waals surface area contributed by atoms with E-state index in [-0.39, 0.29) is 0 Å². The van der Waals surface area contributed by atoms with Gasteiger partial charge in [0.05, 0.1) is 16.6 Å². The maximum Gasteiger partial charge on any atom is 0.112 e. The molecule has 2 bridgehead atoms. The summed E-state index contributed by atoms with van der Waals surface area (Å²) in [6.07, 6.45) is 5.42. The van der Waals surface area contributed by atoms with Gasteiger partial charge in [-0.3, -0.25) is 0 Å². The van der Waals surface area contributed by atoms with E-state index in [1.54, 1.807) is 0 Å². The molecule has 1 heterocycles. The van der Waals surface area contributed by atoms with Crippen molar-refractivity contribution in [2.75, 3.05) is 0 Å². The van der Waals surface area contributed by atoms with Crippen molar-refractivity contribution in [3.8, 4) is 0 Å². The minimum atomic E-state index is -0.502. The van der Waals surface area contributed by atoms with Crippen LogP contribution in [0.5, 0.6) is 0 Å². The number of imidazole rings is 1. The van der Waals surface area contributed by atoms with Crippen molar-refractivity contribution in [2.45, 2.75) is 37.7 Å². The average Bonchev–Trinajstić information content (AvgIpc) is 3.05. The number of aromatic nitrogens is 2. The van der Waals surface area contributed by atoms with Crippen molar-refractivity contribution in [1.29, 1.82) is 0 Å². The van der Waals surface area contributed by atoms with E-state index < -0.39 is 5.60 Å². The zero-order chi connectivity index (χ0) is 13.0. The van der Waals surface area contributed by atoms with Gasteiger partial charge in [0, 0.05) is 13.5 Å². The zero-order valence-electron chi connectivity index (χ0n) is 11.3. The van der Waals surface area contributed by atoms with Gasteiger partial charge in [0.25, 0.3) is 0 Å². The van der Waals surface area contributed by atoms with Gasteiger partial charge in [0.1, 0.15) is 5.82 Å². The van der Waals surface area contributed by atoms with Crippen LogP contribution in [-0.2, 0) is 13.5 Å². The fourth-order valence-corrected chi connectivity index (χ4v) is 4.26. The molecule has 3 heteroatoms.